The molecule has 0 unspecified atom stereocenters. The maximum atomic E-state index is 13.2. The maximum absolute atomic E-state index is 13.2. The van der Waals surface area contributed by atoms with E-state index in [0.29, 0.717) is 25.1 Å². The van der Waals surface area contributed by atoms with Gasteiger partial charge in [-0.05, 0) is 48.6 Å². The molecule has 1 aliphatic heterocycles. The van der Waals surface area contributed by atoms with Crippen LogP contribution >= 0.6 is 11.3 Å². The fourth-order valence-electron chi connectivity index (χ4n) is 3.36. The van der Waals surface area contributed by atoms with Crippen LogP contribution in [0, 0.1) is 0 Å². The predicted molar refractivity (Wildman–Crippen MR) is 113 cm³/mol. The Morgan fingerprint density at radius 3 is 2.61 bits per heavy atom. The van der Waals surface area contributed by atoms with Crippen LogP contribution in [0.15, 0.2) is 41.8 Å². The summed E-state index contributed by atoms with van der Waals surface area (Å²) >= 11 is 1.57. The summed E-state index contributed by atoms with van der Waals surface area (Å²) in [5, 5.41) is 1.97. The van der Waals surface area contributed by atoms with E-state index >= 15 is 0 Å². The highest BCUT2D eigenvalue weighted by atomic mass is 32.2. The normalized spacial score (nSPS) is 18.1. The number of rotatable bonds is 9. The van der Waals surface area contributed by atoms with Crippen LogP contribution in [0.25, 0.3) is 0 Å². The zero-order valence-electron chi connectivity index (χ0n) is 16.2. The molecule has 5 nitrogen and oxygen atoms in total. The molecule has 0 radical (unpaired) electrons. The maximum Gasteiger partial charge on any atom is 0.254 e. The van der Waals surface area contributed by atoms with Crippen LogP contribution in [-0.4, -0.2) is 43.4 Å². The Hall–Kier alpha value is -1.86. The van der Waals surface area contributed by atoms with Crippen molar-refractivity contribution in [3.05, 3.63) is 52.2 Å². The summed E-state index contributed by atoms with van der Waals surface area (Å²) in [5.74, 6) is 0.813. The van der Waals surface area contributed by atoms with Crippen molar-refractivity contribution in [3.63, 3.8) is 0 Å². The van der Waals surface area contributed by atoms with E-state index in [1.165, 1.54) is 0 Å². The molecular formula is C21H27NO4S2. The molecular weight excluding hydrogens is 394 g/mol. The number of unbranched alkanes of at least 4 members (excludes halogenated alkanes) is 2. The third-order valence-corrected chi connectivity index (χ3v) is 7.55. The summed E-state index contributed by atoms with van der Waals surface area (Å²) in [5.41, 5.74) is 0.557. The summed E-state index contributed by atoms with van der Waals surface area (Å²) in [6, 6.07) is 10.8. The lowest BCUT2D eigenvalue weighted by atomic mass is 10.1. The van der Waals surface area contributed by atoms with Crippen LogP contribution in [-0.2, 0) is 16.4 Å². The number of sulfone groups is 1. The summed E-state index contributed by atoms with van der Waals surface area (Å²) < 4.78 is 29.6. The van der Waals surface area contributed by atoms with E-state index in [9.17, 15) is 13.2 Å². The van der Waals surface area contributed by atoms with Gasteiger partial charge in [-0.1, -0.05) is 25.8 Å². The Balaban J connectivity index is 1.71. The van der Waals surface area contributed by atoms with Crippen LogP contribution in [0.1, 0.15) is 47.8 Å². The summed E-state index contributed by atoms with van der Waals surface area (Å²) in [6.45, 7) is 3.26. The smallest absolute Gasteiger partial charge is 0.254 e. The first-order chi connectivity index (χ1) is 13.5. The molecule has 7 heteroatoms. The number of benzene rings is 1. The second kappa shape index (κ2) is 9.56. The lowest BCUT2D eigenvalue weighted by Gasteiger charge is -2.28. The van der Waals surface area contributed by atoms with Crippen LogP contribution in [0.3, 0.4) is 0 Å². The van der Waals surface area contributed by atoms with Crippen molar-refractivity contribution >= 4 is 27.1 Å². The van der Waals surface area contributed by atoms with E-state index in [4.69, 9.17) is 4.74 Å². The van der Waals surface area contributed by atoms with Crippen molar-refractivity contribution in [2.24, 2.45) is 0 Å². The highest BCUT2D eigenvalue weighted by molar-refractivity contribution is 7.91. The summed E-state index contributed by atoms with van der Waals surface area (Å²) in [4.78, 5) is 15.9. The van der Waals surface area contributed by atoms with E-state index in [1.54, 1.807) is 28.4 Å². The molecule has 1 amide bonds. The molecule has 28 heavy (non-hydrogen) atoms. The Kier molecular flexibility index (Phi) is 7.13. The van der Waals surface area contributed by atoms with Gasteiger partial charge in [-0.25, -0.2) is 8.42 Å². The molecule has 3 rings (SSSR count). The second-order valence-corrected chi connectivity index (χ2v) is 10.4. The molecule has 1 aliphatic rings. The summed E-state index contributed by atoms with van der Waals surface area (Å²) in [6.07, 6.45) is 3.80. The molecule has 0 aliphatic carbocycles. The van der Waals surface area contributed by atoms with Crippen molar-refractivity contribution in [1.29, 1.82) is 0 Å². The standard InChI is InChI=1S/C21H27NO4S2/c1-2-3-4-12-26-19-9-7-17(8-10-19)21(23)22(15-20-6-5-13-27-20)18-11-14-28(24,25)16-18/h5-10,13,18H,2-4,11-12,14-16H2,1H3/t18-/m1/s1. The van der Waals surface area contributed by atoms with Gasteiger partial charge < -0.3 is 9.64 Å². The van der Waals surface area contributed by atoms with Gasteiger partial charge in [0.25, 0.3) is 5.91 Å². The van der Waals surface area contributed by atoms with Crippen LogP contribution in [0.2, 0.25) is 0 Å². The molecule has 2 heterocycles. The van der Waals surface area contributed by atoms with Crippen LogP contribution < -0.4 is 4.74 Å². The molecule has 1 aromatic heterocycles. The molecule has 1 atom stereocenters. The number of hydrogen-bond donors (Lipinski definition) is 0. The molecule has 1 aromatic carbocycles. The van der Waals surface area contributed by atoms with Gasteiger partial charge in [0.2, 0.25) is 0 Å². The Morgan fingerprint density at radius 1 is 1.21 bits per heavy atom. The van der Waals surface area contributed by atoms with E-state index in [1.807, 2.05) is 29.6 Å². The van der Waals surface area contributed by atoms with E-state index in [0.717, 1.165) is 29.9 Å². The van der Waals surface area contributed by atoms with Crippen molar-refractivity contribution in [1.82, 2.24) is 4.90 Å². The molecule has 1 saturated heterocycles. The number of amides is 1. The SMILES string of the molecule is CCCCCOc1ccc(C(=O)N(Cc2cccs2)[C@@H]2CCS(=O)(=O)C2)cc1. The number of carbonyl (C=O) groups excluding carboxylic acids is 1. The Morgan fingerprint density at radius 2 is 2.00 bits per heavy atom. The van der Waals surface area contributed by atoms with E-state index < -0.39 is 9.84 Å². The number of ether oxygens (including phenoxy) is 1. The molecule has 0 bridgehead atoms. The average molecular weight is 422 g/mol. The number of carbonyl (C=O) groups is 1. The predicted octanol–water partition coefficient (Wildman–Crippen LogP) is 4.15. The van der Waals surface area contributed by atoms with Crippen LogP contribution in [0.4, 0.5) is 0 Å². The molecule has 0 saturated carbocycles. The Bertz CT molecular complexity index is 860. The minimum absolute atomic E-state index is 0.0444. The van der Waals surface area contributed by atoms with Crippen molar-refractivity contribution in [2.75, 3.05) is 18.1 Å². The quantitative estimate of drug-likeness (QED) is 0.571. The monoisotopic (exact) mass is 421 g/mol. The van der Waals surface area contributed by atoms with Crippen molar-refractivity contribution < 1.29 is 17.9 Å². The fourth-order valence-corrected chi connectivity index (χ4v) is 5.79. The van der Waals surface area contributed by atoms with Crippen LogP contribution in [0.5, 0.6) is 5.75 Å². The van der Waals surface area contributed by atoms with E-state index in [-0.39, 0.29) is 23.5 Å². The molecule has 1 fully saturated rings. The zero-order chi connectivity index (χ0) is 20.0. The zero-order valence-corrected chi connectivity index (χ0v) is 17.8. The number of thiophene rings is 1. The van der Waals surface area contributed by atoms with Gasteiger partial charge in [-0.15, -0.1) is 11.3 Å². The molecule has 152 valence electrons. The van der Waals surface area contributed by atoms with Gasteiger partial charge in [-0.2, -0.15) is 0 Å². The van der Waals surface area contributed by atoms with Gasteiger partial charge in [-0.3, -0.25) is 4.79 Å². The third kappa shape index (κ3) is 5.58. The van der Waals surface area contributed by atoms with Gasteiger partial charge in [0, 0.05) is 16.5 Å². The van der Waals surface area contributed by atoms with Crippen molar-refractivity contribution in [2.45, 2.75) is 45.2 Å². The number of nitrogens with zero attached hydrogens (tertiary/aromatic N) is 1. The third-order valence-electron chi connectivity index (χ3n) is 4.93. The Labute approximate surface area is 171 Å². The largest absolute Gasteiger partial charge is 0.494 e. The van der Waals surface area contributed by atoms with E-state index in [2.05, 4.69) is 6.92 Å². The molecule has 0 N–H and O–H groups in total. The lowest BCUT2D eigenvalue weighted by molar-refractivity contribution is 0.0683. The molecule has 2 aromatic rings. The van der Waals surface area contributed by atoms with Crippen molar-refractivity contribution in [3.8, 4) is 5.75 Å². The highest BCUT2D eigenvalue weighted by Gasteiger charge is 2.35. The molecule has 0 spiro atoms. The number of hydrogen-bond acceptors (Lipinski definition) is 5. The summed E-state index contributed by atoms with van der Waals surface area (Å²) in [7, 11) is -3.07. The first kappa shape index (κ1) is 20.9. The first-order valence-electron chi connectivity index (χ1n) is 9.75. The van der Waals surface area contributed by atoms with Gasteiger partial charge in [0.15, 0.2) is 9.84 Å². The highest BCUT2D eigenvalue weighted by Crippen LogP contribution is 2.24. The minimum atomic E-state index is -3.07. The van der Waals surface area contributed by atoms with Gasteiger partial charge in [0.05, 0.1) is 24.7 Å². The minimum Gasteiger partial charge on any atom is -0.494 e. The van der Waals surface area contributed by atoms with Gasteiger partial charge in [0.1, 0.15) is 5.75 Å². The van der Waals surface area contributed by atoms with Gasteiger partial charge >= 0.3 is 0 Å². The topological polar surface area (TPSA) is 63.7 Å². The average Bonchev–Trinajstić information content (AvgIpc) is 3.32. The lowest BCUT2D eigenvalue weighted by Crippen LogP contribution is -2.40. The fraction of sp³-hybridized carbons (Fsp3) is 0.476. The second-order valence-electron chi connectivity index (χ2n) is 7.15. The first-order valence-corrected chi connectivity index (χ1v) is 12.5.